The smallest absolute Gasteiger partial charge is 0.390 e. The normalized spacial score (nSPS) is 24.8. The van der Waals surface area contributed by atoms with E-state index in [1.807, 2.05) is 6.92 Å². The molecule has 0 atom stereocenters. The zero-order chi connectivity index (χ0) is 5.33. The van der Waals surface area contributed by atoms with Crippen LogP contribution < -0.4 is 29.6 Å². The van der Waals surface area contributed by atoms with Crippen molar-refractivity contribution in [2.75, 3.05) is 0 Å². The molecule has 1 aliphatic rings. The Morgan fingerprint density at radius 3 is 1.75 bits per heavy atom. The Balaban J connectivity index is 0.000000490. The maximum absolute atomic E-state index is 9.19. The molecule has 0 aromatic rings. The second-order valence-electron chi connectivity index (χ2n) is 2.70. The summed E-state index contributed by atoms with van der Waals surface area (Å²) in [5.74, 6) is 0. The Hall–Kier alpha value is 0.960. The standard InChI is InChI=1S/C6H12O.Na/c1-6(7)4-2-3-5-6;/h7H,2-5H2,1H3;/q;+1. The Morgan fingerprint density at radius 1 is 1.25 bits per heavy atom. The predicted octanol–water partition coefficient (Wildman–Crippen LogP) is -1.68. The maximum Gasteiger partial charge on any atom is 1.00 e. The summed E-state index contributed by atoms with van der Waals surface area (Å²) in [5, 5.41) is 9.19. The Labute approximate surface area is 72.8 Å². The van der Waals surface area contributed by atoms with Gasteiger partial charge in [0, 0.05) is 0 Å². The van der Waals surface area contributed by atoms with Crippen LogP contribution >= 0.6 is 0 Å². The third-order valence-corrected chi connectivity index (χ3v) is 1.68. The third kappa shape index (κ3) is 2.49. The average molecular weight is 123 g/mol. The van der Waals surface area contributed by atoms with Gasteiger partial charge in [-0.3, -0.25) is 0 Å². The van der Waals surface area contributed by atoms with E-state index in [0.29, 0.717) is 0 Å². The van der Waals surface area contributed by atoms with Gasteiger partial charge < -0.3 is 5.11 Å². The van der Waals surface area contributed by atoms with E-state index in [1.54, 1.807) is 0 Å². The van der Waals surface area contributed by atoms with Crippen molar-refractivity contribution >= 4 is 0 Å². The molecule has 0 saturated heterocycles. The minimum absolute atomic E-state index is 0. The summed E-state index contributed by atoms with van der Waals surface area (Å²) < 4.78 is 0. The first-order chi connectivity index (χ1) is 3.21. The summed E-state index contributed by atoms with van der Waals surface area (Å²) in [6.07, 6.45) is 4.44. The van der Waals surface area contributed by atoms with E-state index in [9.17, 15) is 5.11 Å². The average Bonchev–Trinajstić information content (AvgIpc) is 1.84. The second kappa shape index (κ2) is 3.21. The first-order valence-corrected chi connectivity index (χ1v) is 2.93. The van der Waals surface area contributed by atoms with Crippen LogP contribution in [0, 0.1) is 0 Å². The van der Waals surface area contributed by atoms with Gasteiger partial charge in [0.2, 0.25) is 0 Å². The molecule has 0 heterocycles. The molecule has 1 aliphatic carbocycles. The van der Waals surface area contributed by atoms with Crippen molar-refractivity contribution in [3.63, 3.8) is 0 Å². The molecule has 1 rings (SSSR count). The van der Waals surface area contributed by atoms with Crippen LogP contribution in [0.4, 0.5) is 0 Å². The van der Waals surface area contributed by atoms with E-state index in [-0.39, 0.29) is 35.2 Å². The molecule has 0 spiro atoms. The van der Waals surface area contributed by atoms with Crippen LogP contribution in [-0.4, -0.2) is 10.7 Å². The summed E-state index contributed by atoms with van der Waals surface area (Å²) in [6, 6.07) is 0. The molecule has 0 unspecified atom stereocenters. The van der Waals surface area contributed by atoms with Gasteiger partial charge in [0.05, 0.1) is 5.60 Å². The van der Waals surface area contributed by atoms with Crippen LogP contribution in [0.1, 0.15) is 32.6 Å². The van der Waals surface area contributed by atoms with Crippen molar-refractivity contribution in [3.8, 4) is 0 Å². The topological polar surface area (TPSA) is 20.2 Å². The summed E-state index contributed by atoms with van der Waals surface area (Å²) in [6.45, 7) is 1.92. The van der Waals surface area contributed by atoms with Crippen molar-refractivity contribution in [2.45, 2.75) is 38.2 Å². The number of hydrogen-bond acceptors (Lipinski definition) is 1. The fourth-order valence-corrected chi connectivity index (χ4v) is 1.14. The van der Waals surface area contributed by atoms with Crippen molar-refractivity contribution < 1.29 is 34.7 Å². The number of rotatable bonds is 0. The monoisotopic (exact) mass is 123 g/mol. The molecule has 1 N–H and O–H groups in total. The van der Waals surface area contributed by atoms with Gasteiger partial charge in [0.25, 0.3) is 0 Å². The first-order valence-electron chi connectivity index (χ1n) is 2.93. The fourth-order valence-electron chi connectivity index (χ4n) is 1.14. The molecule has 1 saturated carbocycles. The van der Waals surface area contributed by atoms with E-state index in [2.05, 4.69) is 0 Å². The van der Waals surface area contributed by atoms with Crippen LogP contribution in [-0.2, 0) is 0 Å². The minimum atomic E-state index is -0.306. The molecule has 8 heavy (non-hydrogen) atoms. The Morgan fingerprint density at radius 2 is 1.62 bits per heavy atom. The first kappa shape index (κ1) is 8.96. The quantitative estimate of drug-likeness (QED) is 0.381. The molecule has 0 aromatic carbocycles. The van der Waals surface area contributed by atoms with Crippen LogP contribution in [0.15, 0.2) is 0 Å². The van der Waals surface area contributed by atoms with Gasteiger partial charge in [-0.1, -0.05) is 12.8 Å². The van der Waals surface area contributed by atoms with Gasteiger partial charge in [-0.05, 0) is 19.8 Å². The third-order valence-electron chi connectivity index (χ3n) is 1.68. The largest absolute Gasteiger partial charge is 1.00 e. The molecular formula is C6H12NaO+. The van der Waals surface area contributed by atoms with E-state index in [0.717, 1.165) is 12.8 Å². The zero-order valence-electron chi connectivity index (χ0n) is 5.78. The van der Waals surface area contributed by atoms with Gasteiger partial charge in [-0.15, -0.1) is 0 Å². The van der Waals surface area contributed by atoms with E-state index < -0.39 is 0 Å². The van der Waals surface area contributed by atoms with E-state index in [1.165, 1.54) is 12.8 Å². The molecule has 0 radical (unpaired) electrons. The minimum Gasteiger partial charge on any atom is -0.390 e. The van der Waals surface area contributed by atoms with E-state index in [4.69, 9.17) is 0 Å². The van der Waals surface area contributed by atoms with Crippen LogP contribution in [0.5, 0.6) is 0 Å². The van der Waals surface area contributed by atoms with Gasteiger partial charge in [0.1, 0.15) is 0 Å². The van der Waals surface area contributed by atoms with Crippen LogP contribution in [0.25, 0.3) is 0 Å². The van der Waals surface area contributed by atoms with E-state index >= 15 is 0 Å². The van der Waals surface area contributed by atoms with Crippen molar-refractivity contribution in [1.82, 2.24) is 0 Å². The van der Waals surface area contributed by atoms with Crippen molar-refractivity contribution in [3.05, 3.63) is 0 Å². The molecule has 0 amide bonds. The van der Waals surface area contributed by atoms with Gasteiger partial charge in [-0.2, -0.15) is 0 Å². The molecular weight excluding hydrogens is 111 g/mol. The maximum atomic E-state index is 9.19. The summed E-state index contributed by atoms with van der Waals surface area (Å²) >= 11 is 0. The van der Waals surface area contributed by atoms with Crippen molar-refractivity contribution in [2.24, 2.45) is 0 Å². The summed E-state index contributed by atoms with van der Waals surface area (Å²) in [7, 11) is 0. The van der Waals surface area contributed by atoms with Gasteiger partial charge in [0.15, 0.2) is 0 Å². The van der Waals surface area contributed by atoms with Crippen LogP contribution in [0.2, 0.25) is 0 Å². The van der Waals surface area contributed by atoms with Crippen LogP contribution in [0.3, 0.4) is 0 Å². The summed E-state index contributed by atoms with van der Waals surface area (Å²) in [5.41, 5.74) is -0.306. The molecule has 1 nitrogen and oxygen atoms in total. The molecule has 42 valence electrons. The molecule has 0 bridgehead atoms. The molecule has 1 fully saturated rings. The van der Waals surface area contributed by atoms with Crippen molar-refractivity contribution in [1.29, 1.82) is 0 Å². The second-order valence-corrected chi connectivity index (χ2v) is 2.70. The van der Waals surface area contributed by atoms with Gasteiger partial charge in [-0.25, -0.2) is 0 Å². The Kier molecular flexibility index (Phi) is 3.60. The summed E-state index contributed by atoms with van der Waals surface area (Å²) in [4.78, 5) is 0. The molecule has 0 aromatic heterocycles. The molecule has 2 heteroatoms. The zero-order valence-corrected chi connectivity index (χ0v) is 7.78. The number of hydrogen-bond donors (Lipinski definition) is 1. The fraction of sp³-hybridized carbons (Fsp3) is 1.00. The van der Waals surface area contributed by atoms with Gasteiger partial charge >= 0.3 is 29.6 Å². The SMILES string of the molecule is CC1(O)CCCC1.[Na+]. The predicted molar refractivity (Wildman–Crippen MR) is 29.1 cm³/mol. The Bertz CT molecular complexity index is 62.9. The number of aliphatic hydroxyl groups is 1. The molecule has 0 aliphatic heterocycles.